The van der Waals surface area contributed by atoms with Crippen molar-refractivity contribution in [2.75, 3.05) is 13.2 Å². The van der Waals surface area contributed by atoms with Gasteiger partial charge in [-0.2, -0.15) is 0 Å². The van der Waals surface area contributed by atoms with Gasteiger partial charge < -0.3 is 14.2 Å². The maximum absolute atomic E-state index is 12.8. The van der Waals surface area contributed by atoms with Gasteiger partial charge in [-0.25, -0.2) is 0 Å². The molecular weight excluding hydrogens is 769 g/mol. The molecule has 0 aliphatic heterocycles. The number of carbonyl (C=O) groups is 3. The highest BCUT2D eigenvalue weighted by atomic mass is 16.6. The zero-order valence-electron chi connectivity index (χ0n) is 39.8. The number of ether oxygens (including phenoxy) is 3. The Kier molecular flexibility index (Phi) is 46.6. The number of esters is 3. The van der Waals surface area contributed by atoms with Crippen LogP contribution in [0, 0.1) is 0 Å². The second kappa shape index (κ2) is 49.7. The molecule has 0 aliphatic carbocycles. The van der Waals surface area contributed by atoms with Crippen molar-refractivity contribution in [3.63, 3.8) is 0 Å². The fourth-order valence-corrected chi connectivity index (χ4v) is 6.40. The van der Waals surface area contributed by atoms with Gasteiger partial charge in [0.15, 0.2) is 6.10 Å². The molecule has 0 saturated carbocycles. The molecular formula is C56H90O6. The number of hydrogen-bond donors (Lipinski definition) is 0. The lowest BCUT2D eigenvalue weighted by Gasteiger charge is -2.18. The fraction of sp³-hybridized carbons (Fsp3) is 0.625. The first-order valence-electron chi connectivity index (χ1n) is 25.0. The van der Waals surface area contributed by atoms with Crippen molar-refractivity contribution >= 4 is 17.9 Å². The Bertz CT molecular complexity index is 1310. The molecule has 350 valence electrons. The molecule has 62 heavy (non-hydrogen) atoms. The molecule has 0 amide bonds. The average molecular weight is 859 g/mol. The van der Waals surface area contributed by atoms with E-state index >= 15 is 0 Å². The maximum atomic E-state index is 12.8. The van der Waals surface area contributed by atoms with E-state index in [1.165, 1.54) is 96.3 Å². The van der Waals surface area contributed by atoms with E-state index in [0.29, 0.717) is 19.3 Å². The number of unbranched alkanes of at least 4 members (excludes halogenated alkanes) is 18. The second-order valence-corrected chi connectivity index (χ2v) is 16.1. The van der Waals surface area contributed by atoms with Crippen LogP contribution >= 0.6 is 0 Å². The van der Waals surface area contributed by atoms with E-state index in [4.69, 9.17) is 14.2 Å². The summed E-state index contributed by atoms with van der Waals surface area (Å²) in [6.45, 7) is 6.34. The molecule has 0 rings (SSSR count). The zero-order valence-corrected chi connectivity index (χ0v) is 39.8. The third-order valence-corrected chi connectivity index (χ3v) is 10.1. The minimum absolute atomic E-state index is 0.129. The molecule has 0 fully saturated rings. The summed E-state index contributed by atoms with van der Waals surface area (Å²) >= 11 is 0. The van der Waals surface area contributed by atoms with Crippen LogP contribution in [0.1, 0.15) is 207 Å². The Morgan fingerprint density at radius 3 is 1.18 bits per heavy atom. The molecule has 1 unspecified atom stereocenters. The highest BCUT2D eigenvalue weighted by molar-refractivity contribution is 5.71. The predicted molar refractivity (Wildman–Crippen MR) is 265 cm³/mol. The standard InChI is InChI=1S/C56H90O6/c1-4-7-10-13-16-19-22-25-27-28-29-32-34-37-40-43-46-49-55(58)61-52-53(51-60-54(57)48-45-42-39-36-33-30-24-21-18-15-12-9-6-3)62-56(59)50-47-44-41-38-35-31-26-23-20-17-14-11-8-5-2/h9,12,15-16,18-19,21,24-25,27,29-30,32-33,36-37,39-40,53H,4-8,10-11,13-14,17,20,22-23,26,28,31,34-35,38,41-52H2,1-3H3/b12-9+,18-15+,19-16+,24-21+,27-25+,32-29+,33-30+,39-36+,40-37+. The number of allylic oxidation sites excluding steroid dienone is 18. The van der Waals surface area contributed by atoms with Gasteiger partial charge in [-0.05, 0) is 70.6 Å². The molecule has 0 N–H and O–H groups in total. The van der Waals surface area contributed by atoms with Crippen molar-refractivity contribution in [1.82, 2.24) is 0 Å². The molecule has 0 aromatic carbocycles. The van der Waals surface area contributed by atoms with Crippen LogP contribution in [0.2, 0.25) is 0 Å². The normalized spacial score (nSPS) is 13.0. The van der Waals surface area contributed by atoms with Crippen molar-refractivity contribution in [1.29, 1.82) is 0 Å². The van der Waals surface area contributed by atoms with E-state index in [1.807, 2.05) is 54.7 Å². The van der Waals surface area contributed by atoms with Crippen molar-refractivity contribution < 1.29 is 28.6 Å². The Morgan fingerprint density at radius 2 is 0.710 bits per heavy atom. The highest BCUT2D eigenvalue weighted by Crippen LogP contribution is 2.14. The van der Waals surface area contributed by atoms with E-state index in [9.17, 15) is 14.4 Å². The molecule has 6 nitrogen and oxygen atoms in total. The lowest BCUT2D eigenvalue weighted by atomic mass is 10.0. The molecule has 1 atom stereocenters. The monoisotopic (exact) mass is 859 g/mol. The van der Waals surface area contributed by atoms with Crippen LogP contribution in [-0.2, 0) is 28.6 Å². The van der Waals surface area contributed by atoms with Crippen molar-refractivity contribution in [3.8, 4) is 0 Å². The molecule has 6 heteroatoms. The average Bonchev–Trinajstić information content (AvgIpc) is 3.27. The van der Waals surface area contributed by atoms with E-state index in [2.05, 4.69) is 75.5 Å². The van der Waals surface area contributed by atoms with Crippen molar-refractivity contribution in [2.24, 2.45) is 0 Å². The van der Waals surface area contributed by atoms with Crippen LogP contribution in [0.4, 0.5) is 0 Å². The van der Waals surface area contributed by atoms with Crippen LogP contribution < -0.4 is 0 Å². The fourth-order valence-electron chi connectivity index (χ4n) is 6.40. The first kappa shape index (κ1) is 58.1. The van der Waals surface area contributed by atoms with Gasteiger partial charge in [-0.1, -0.05) is 226 Å². The van der Waals surface area contributed by atoms with E-state index in [0.717, 1.165) is 57.8 Å². The molecule has 0 aromatic rings. The molecule has 0 saturated heterocycles. The third kappa shape index (κ3) is 47.1. The van der Waals surface area contributed by atoms with Gasteiger partial charge in [0.05, 0.1) is 0 Å². The van der Waals surface area contributed by atoms with Crippen molar-refractivity contribution in [3.05, 3.63) is 109 Å². The van der Waals surface area contributed by atoms with E-state index in [-0.39, 0.29) is 44.0 Å². The smallest absolute Gasteiger partial charge is 0.306 e. The summed E-state index contributed by atoms with van der Waals surface area (Å²) in [5.74, 6) is -1.06. The first-order chi connectivity index (χ1) is 30.5. The summed E-state index contributed by atoms with van der Waals surface area (Å²) in [7, 11) is 0. The summed E-state index contributed by atoms with van der Waals surface area (Å²) < 4.78 is 16.7. The summed E-state index contributed by atoms with van der Waals surface area (Å²) in [5.41, 5.74) is 0. The molecule has 0 aliphatic rings. The molecule has 0 radical (unpaired) electrons. The van der Waals surface area contributed by atoms with Gasteiger partial charge in [0.2, 0.25) is 0 Å². The van der Waals surface area contributed by atoms with Crippen LogP contribution in [0.15, 0.2) is 109 Å². The quantitative estimate of drug-likeness (QED) is 0.0200. The largest absolute Gasteiger partial charge is 0.462 e. The summed E-state index contributed by atoms with van der Waals surface area (Å²) in [5, 5.41) is 0. The third-order valence-electron chi connectivity index (χ3n) is 10.1. The summed E-state index contributed by atoms with van der Waals surface area (Å²) in [4.78, 5) is 37.9. The molecule has 0 bridgehead atoms. The minimum Gasteiger partial charge on any atom is -0.462 e. The topological polar surface area (TPSA) is 78.9 Å². The van der Waals surface area contributed by atoms with Gasteiger partial charge in [0.1, 0.15) is 13.2 Å². The van der Waals surface area contributed by atoms with Gasteiger partial charge in [0, 0.05) is 19.3 Å². The Hall–Kier alpha value is -3.93. The number of rotatable bonds is 43. The first-order valence-corrected chi connectivity index (χ1v) is 25.0. The summed E-state index contributed by atoms with van der Waals surface area (Å²) in [6.07, 6.45) is 66.5. The predicted octanol–water partition coefficient (Wildman–Crippen LogP) is 16.4. The van der Waals surface area contributed by atoms with Crippen LogP contribution in [0.5, 0.6) is 0 Å². The van der Waals surface area contributed by atoms with Gasteiger partial charge in [-0.15, -0.1) is 0 Å². The number of carbonyl (C=O) groups excluding carboxylic acids is 3. The molecule has 0 aromatic heterocycles. The molecule has 0 spiro atoms. The van der Waals surface area contributed by atoms with Gasteiger partial charge in [0.25, 0.3) is 0 Å². The second-order valence-electron chi connectivity index (χ2n) is 16.1. The highest BCUT2D eigenvalue weighted by Gasteiger charge is 2.19. The minimum atomic E-state index is -0.828. The van der Waals surface area contributed by atoms with Crippen LogP contribution in [0.3, 0.4) is 0 Å². The van der Waals surface area contributed by atoms with Gasteiger partial charge >= 0.3 is 17.9 Å². The van der Waals surface area contributed by atoms with Crippen molar-refractivity contribution in [2.45, 2.75) is 213 Å². The summed E-state index contributed by atoms with van der Waals surface area (Å²) in [6, 6.07) is 0. The van der Waals surface area contributed by atoms with Gasteiger partial charge in [-0.3, -0.25) is 14.4 Å². The molecule has 0 heterocycles. The lowest BCUT2D eigenvalue weighted by molar-refractivity contribution is -0.167. The number of hydrogen-bond acceptors (Lipinski definition) is 6. The zero-order chi connectivity index (χ0) is 45.1. The van der Waals surface area contributed by atoms with Crippen LogP contribution in [-0.4, -0.2) is 37.2 Å². The Labute approximate surface area is 380 Å². The van der Waals surface area contributed by atoms with E-state index in [1.54, 1.807) is 0 Å². The SMILES string of the molecule is CC/C=C/C=C/C=C/C=C/C=C/CCCC(=O)OCC(COC(=O)CCC/C=C/C/C=C/C/C=C/C/C=C/CCCCC)OC(=O)CCCCCCCCCCCCCCCC. The van der Waals surface area contributed by atoms with E-state index < -0.39 is 6.10 Å². The van der Waals surface area contributed by atoms with Crippen LogP contribution in [0.25, 0.3) is 0 Å². The maximum Gasteiger partial charge on any atom is 0.306 e. The lowest BCUT2D eigenvalue weighted by Crippen LogP contribution is -2.30. The Balaban J connectivity index is 4.57. The Morgan fingerprint density at radius 1 is 0.355 bits per heavy atom.